The minimum Gasteiger partial charge on any atom is -0.370 e. The van der Waals surface area contributed by atoms with E-state index in [1.807, 2.05) is 4.90 Å². The summed E-state index contributed by atoms with van der Waals surface area (Å²) in [5.41, 5.74) is 8.01. The van der Waals surface area contributed by atoms with Gasteiger partial charge in [0.2, 0.25) is 11.7 Å². The Morgan fingerprint density at radius 2 is 1.93 bits per heavy atom. The average Bonchev–Trinajstić information content (AvgIpc) is 3.35. The third-order valence-electron chi connectivity index (χ3n) is 5.60. The molecule has 2 aromatic rings. The van der Waals surface area contributed by atoms with Gasteiger partial charge in [-0.15, -0.1) is 0 Å². The lowest BCUT2D eigenvalue weighted by atomic mass is 10.0. The molecule has 0 bridgehead atoms. The molecule has 1 atom stereocenters. The zero-order chi connectivity index (χ0) is 19.8. The van der Waals surface area contributed by atoms with Crippen LogP contribution in [0.1, 0.15) is 69.7 Å². The van der Waals surface area contributed by atoms with Gasteiger partial charge in [0.15, 0.2) is 5.96 Å². The van der Waals surface area contributed by atoms with Crippen LogP contribution in [-0.2, 0) is 12.8 Å². The molecule has 1 aliphatic rings. The quantitative estimate of drug-likeness (QED) is 0.357. The monoisotopic (exact) mass is 383 g/mol. The molecule has 6 heteroatoms. The van der Waals surface area contributed by atoms with Crippen LogP contribution < -0.4 is 5.73 Å². The summed E-state index contributed by atoms with van der Waals surface area (Å²) >= 11 is 0. The number of aromatic nitrogens is 2. The number of likely N-dealkylation sites (tertiary alicyclic amines) is 1. The van der Waals surface area contributed by atoms with Crippen LogP contribution in [0.5, 0.6) is 0 Å². The average molecular weight is 384 g/mol. The van der Waals surface area contributed by atoms with Crippen LogP contribution in [0.15, 0.2) is 28.8 Å². The molecule has 0 unspecified atom stereocenters. The molecule has 6 nitrogen and oxygen atoms in total. The summed E-state index contributed by atoms with van der Waals surface area (Å²) in [6.45, 7) is 3.09. The van der Waals surface area contributed by atoms with Crippen molar-refractivity contribution in [3.05, 3.63) is 35.7 Å². The van der Waals surface area contributed by atoms with Gasteiger partial charge < -0.3 is 15.2 Å². The molecule has 0 amide bonds. The fourth-order valence-electron chi connectivity index (χ4n) is 3.95. The van der Waals surface area contributed by atoms with Crippen LogP contribution in [-0.4, -0.2) is 33.6 Å². The second-order valence-electron chi connectivity index (χ2n) is 7.81. The van der Waals surface area contributed by atoms with Crippen LogP contribution in [0.3, 0.4) is 0 Å². The van der Waals surface area contributed by atoms with Gasteiger partial charge in [-0.3, -0.25) is 5.41 Å². The van der Waals surface area contributed by atoms with Gasteiger partial charge in [0, 0.05) is 24.6 Å². The first kappa shape index (κ1) is 20.4. The molecule has 28 heavy (non-hydrogen) atoms. The maximum atomic E-state index is 7.67. The fourth-order valence-corrected chi connectivity index (χ4v) is 3.95. The van der Waals surface area contributed by atoms with E-state index < -0.39 is 0 Å². The van der Waals surface area contributed by atoms with Gasteiger partial charge in [0.05, 0.1) is 0 Å². The number of hydrogen-bond acceptors (Lipinski definition) is 4. The van der Waals surface area contributed by atoms with E-state index in [2.05, 4.69) is 41.3 Å². The highest BCUT2D eigenvalue weighted by Crippen LogP contribution is 2.22. The number of guanidine groups is 1. The van der Waals surface area contributed by atoms with Crippen LogP contribution in [0.4, 0.5) is 0 Å². The zero-order valence-corrected chi connectivity index (χ0v) is 17.0. The summed E-state index contributed by atoms with van der Waals surface area (Å²) in [4.78, 5) is 6.47. The third kappa shape index (κ3) is 5.57. The molecule has 1 aromatic heterocycles. The summed E-state index contributed by atoms with van der Waals surface area (Å²) in [7, 11) is 0. The van der Waals surface area contributed by atoms with Gasteiger partial charge in [0.1, 0.15) is 0 Å². The molecular weight excluding hydrogens is 350 g/mol. The van der Waals surface area contributed by atoms with E-state index in [0.29, 0.717) is 18.1 Å². The maximum absolute atomic E-state index is 7.67. The molecule has 0 saturated carbocycles. The van der Waals surface area contributed by atoms with E-state index in [1.54, 1.807) is 0 Å². The summed E-state index contributed by atoms with van der Waals surface area (Å²) in [5, 5.41) is 11.8. The van der Waals surface area contributed by atoms with E-state index in [9.17, 15) is 0 Å². The van der Waals surface area contributed by atoms with Crippen LogP contribution in [0, 0.1) is 5.41 Å². The largest absolute Gasteiger partial charge is 0.370 e. The van der Waals surface area contributed by atoms with Crippen molar-refractivity contribution in [2.75, 3.05) is 6.54 Å². The zero-order valence-electron chi connectivity index (χ0n) is 17.0. The van der Waals surface area contributed by atoms with Gasteiger partial charge >= 0.3 is 0 Å². The van der Waals surface area contributed by atoms with Crippen molar-refractivity contribution in [3.8, 4) is 11.4 Å². The molecule has 1 saturated heterocycles. The minimum absolute atomic E-state index is 0.128. The Morgan fingerprint density at radius 1 is 1.18 bits per heavy atom. The Balaban J connectivity index is 1.50. The van der Waals surface area contributed by atoms with Crippen LogP contribution in [0.2, 0.25) is 0 Å². The lowest BCUT2D eigenvalue weighted by Crippen LogP contribution is -2.41. The van der Waals surface area contributed by atoms with Gasteiger partial charge in [0.25, 0.3) is 0 Å². The van der Waals surface area contributed by atoms with Crippen molar-refractivity contribution < 1.29 is 4.52 Å². The smallest absolute Gasteiger partial charge is 0.229 e. The maximum Gasteiger partial charge on any atom is 0.229 e. The summed E-state index contributed by atoms with van der Waals surface area (Å²) in [6, 6.07) is 8.69. The first-order valence-corrected chi connectivity index (χ1v) is 10.7. The standard InChI is InChI=1S/C22H33N5O/c1-2-3-4-5-6-7-9-17-11-13-18(14-12-17)21-25-20(28-26-21)16-19-10-8-15-27(19)22(23)24/h11-14,19H,2-10,15-16H2,1H3,(H3,23,24)/t19-/m0/s1. The van der Waals surface area contributed by atoms with Crippen LogP contribution >= 0.6 is 0 Å². The topological polar surface area (TPSA) is 92.0 Å². The Labute approximate surface area is 168 Å². The van der Waals surface area contributed by atoms with Crippen molar-refractivity contribution in [3.63, 3.8) is 0 Å². The fraction of sp³-hybridized carbons (Fsp3) is 0.591. The van der Waals surface area contributed by atoms with Crippen molar-refractivity contribution in [2.45, 2.75) is 77.2 Å². The lowest BCUT2D eigenvalue weighted by Gasteiger charge is -2.23. The molecule has 152 valence electrons. The number of nitrogens with one attached hydrogen (secondary N) is 1. The predicted molar refractivity (Wildman–Crippen MR) is 112 cm³/mol. The number of hydrogen-bond donors (Lipinski definition) is 2. The van der Waals surface area contributed by atoms with Crippen molar-refractivity contribution >= 4 is 5.96 Å². The first-order valence-electron chi connectivity index (χ1n) is 10.7. The summed E-state index contributed by atoms with van der Waals surface area (Å²) < 4.78 is 5.45. The second-order valence-corrected chi connectivity index (χ2v) is 7.81. The number of rotatable bonds is 10. The molecule has 1 aromatic carbocycles. The SMILES string of the molecule is CCCCCCCCc1ccc(-c2noc(C[C@@H]3CCCN3C(=N)N)n2)cc1. The highest BCUT2D eigenvalue weighted by molar-refractivity contribution is 5.75. The summed E-state index contributed by atoms with van der Waals surface area (Å²) in [5.74, 6) is 1.38. The normalized spacial score (nSPS) is 16.6. The van der Waals surface area contributed by atoms with E-state index in [1.165, 1.54) is 44.1 Å². The number of benzene rings is 1. The Bertz CT molecular complexity index is 740. The van der Waals surface area contributed by atoms with Crippen molar-refractivity contribution in [1.29, 1.82) is 5.41 Å². The summed E-state index contributed by atoms with van der Waals surface area (Å²) in [6.07, 6.45) is 11.8. The van der Waals surface area contributed by atoms with Crippen LogP contribution in [0.25, 0.3) is 11.4 Å². The number of unbranched alkanes of at least 4 members (excludes halogenated alkanes) is 5. The van der Waals surface area contributed by atoms with Gasteiger partial charge in [-0.1, -0.05) is 68.4 Å². The van der Waals surface area contributed by atoms with E-state index in [-0.39, 0.29) is 12.0 Å². The van der Waals surface area contributed by atoms with Gasteiger partial charge in [-0.2, -0.15) is 4.98 Å². The van der Waals surface area contributed by atoms with Gasteiger partial charge in [-0.25, -0.2) is 0 Å². The van der Waals surface area contributed by atoms with E-state index >= 15 is 0 Å². The molecule has 0 radical (unpaired) electrons. The molecule has 2 heterocycles. The lowest BCUT2D eigenvalue weighted by molar-refractivity contribution is 0.320. The number of aryl methyl sites for hydroxylation is 1. The Kier molecular flexibility index (Phi) is 7.46. The second kappa shape index (κ2) is 10.2. The Morgan fingerprint density at radius 3 is 2.68 bits per heavy atom. The first-order chi connectivity index (χ1) is 13.7. The molecular formula is C22H33N5O. The third-order valence-corrected chi connectivity index (χ3v) is 5.60. The van der Waals surface area contributed by atoms with Crippen molar-refractivity contribution in [1.82, 2.24) is 15.0 Å². The van der Waals surface area contributed by atoms with Gasteiger partial charge in [-0.05, 0) is 31.2 Å². The van der Waals surface area contributed by atoms with E-state index in [0.717, 1.165) is 31.4 Å². The van der Waals surface area contributed by atoms with Crippen molar-refractivity contribution in [2.24, 2.45) is 5.73 Å². The highest BCUT2D eigenvalue weighted by atomic mass is 16.5. The Hall–Kier alpha value is -2.37. The predicted octanol–water partition coefficient (Wildman–Crippen LogP) is 4.54. The molecule has 0 spiro atoms. The molecule has 3 rings (SSSR count). The number of nitrogens with zero attached hydrogens (tertiary/aromatic N) is 3. The van der Waals surface area contributed by atoms with E-state index in [4.69, 9.17) is 15.7 Å². The number of nitrogens with two attached hydrogens (primary N) is 1. The molecule has 0 aliphatic carbocycles. The molecule has 1 aliphatic heterocycles. The highest BCUT2D eigenvalue weighted by Gasteiger charge is 2.27. The molecule has 3 N–H and O–H groups in total. The minimum atomic E-state index is 0.128. The molecule has 1 fully saturated rings.